The summed E-state index contributed by atoms with van der Waals surface area (Å²) < 4.78 is 5.35. The summed E-state index contributed by atoms with van der Waals surface area (Å²) in [5.41, 5.74) is 1.24. The van der Waals surface area contributed by atoms with Gasteiger partial charge in [0.15, 0.2) is 0 Å². The predicted molar refractivity (Wildman–Crippen MR) is 65.8 cm³/mol. The summed E-state index contributed by atoms with van der Waals surface area (Å²) in [5.74, 6) is 0. The molecule has 0 aliphatic carbocycles. The van der Waals surface area contributed by atoms with E-state index in [1.165, 1.54) is 16.7 Å². The van der Waals surface area contributed by atoms with E-state index in [1.54, 1.807) is 7.11 Å². The minimum absolute atomic E-state index is 0.373. The maximum absolute atomic E-state index is 5.73. The molecule has 0 bridgehead atoms. The van der Waals surface area contributed by atoms with Crippen molar-refractivity contribution in [2.45, 2.75) is 17.4 Å². The number of hydrogen-bond acceptors (Lipinski definition) is 3. The summed E-state index contributed by atoms with van der Waals surface area (Å²) in [6.07, 6.45) is 1.48. The molecule has 1 aliphatic rings. The SMILES string of the molecule is COC1CCN(c2cccc(SCl)c2)C1. The van der Waals surface area contributed by atoms with Gasteiger partial charge in [0.05, 0.1) is 6.10 Å². The smallest absolute Gasteiger partial charge is 0.0762 e. The lowest BCUT2D eigenvalue weighted by Gasteiger charge is -2.18. The number of methoxy groups -OCH3 is 1. The molecule has 2 nitrogen and oxygen atoms in total. The lowest BCUT2D eigenvalue weighted by atomic mass is 10.3. The zero-order valence-corrected chi connectivity index (χ0v) is 10.2. The molecule has 1 fully saturated rings. The molecule has 1 aromatic carbocycles. The van der Waals surface area contributed by atoms with Crippen LogP contribution in [0, 0.1) is 0 Å². The number of halogens is 1. The zero-order valence-electron chi connectivity index (χ0n) is 8.65. The number of benzene rings is 1. The van der Waals surface area contributed by atoms with Crippen LogP contribution < -0.4 is 4.90 Å². The highest BCUT2D eigenvalue weighted by molar-refractivity contribution is 8.21. The van der Waals surface area contributed by atoms with Crippen LogP contribution in [0.25, 0.3) is 0 Å². The van der Waals surface area contributed by atoms with Crippen LogP contribution in [0.15, 0.2) is 29.2 Å². The Morgan fingerprint density at radius 1 is 1.53 bits per heavy atom. The Hall–Kier alpha value is -0.380. The van der Waals surface area contributed by atoms with Crippen molar-refractivity contribution in [2.24, 2.45) is 0 Å². The van der Waals surface area contributed by atoms with Crippen molar-refractivity contribution >= 4 is 27.3 Å². The van der Waals surface area contributed by atoms with Crippen molar-refractivity contribution in [2.75, 3.05) is 25.1 Å². The first kappa shape index (κ1) is 11.1. The monoisotopic (exact) mass is 243 g/mol. The van der Waals surface area contributed by atoms with Crippen LogP contribution in [-0.2, 0) is 4.74 Å². The van der Waals surface area contributed by atoms with Gasteiger partial charge in [-0.25, -0.2) is 0 Å². The first-order valence-corrected chi connectivity index (χ1v) is 6.64. The highest BCUT2D eigenvalue weighted by atomic mass is 35.7. The average molecular weight is 244 g/mol. The summed E-state index contributed by atoms with van der Waals surface area (Å²) in [7, 11) is 8.77. The third kappa shape index (κ3) is 2.60. The third-order valence-corrected chi connectivity index (χ3v) is 3.72. The molecule has 2 rings (SSSR count). The summed E-state index contributed by atoms with van der Waals surface area (Å²) in [6.45, 7) is 2.04. The van der Waals surface area contributed by atoms with Gasteiger partial charge in [-0.3, -0.25) is 0 Å². The molecular weight excluding hydrogens is 230 g/mol. The topological polar surface area (TPSA) is 12.5 Å². The van der Waals surface area contributed by atoms with Gasteiger partial charge in [0.2, 0.25) is 0 Å². The summed E-state index contributed by atoms with van der Waals surface area (Å²) in [6, 6.07) is 8.30. The fraction of sp³-hybridized carbons (Fsp3) is 0.455. The van der Waals surface area contributed by atoms with Crippen molar-refractivity contribution in [3.63, 3.8) is 0 Å². The van der Waals surface area contributed by atoms with Crippen LogP contribution in [0.5, 0.6) is 0 Å². The number of nitrogens with zero attached hydrogens (tertiary/aromatic N) is 1. The second-order valence-electron chi connectivity index (χ2n) is 3.67. The molecule has 1 aliphatic heterocycles. The Labute approximate surface area is 99.1 Å². The van der Waals surface area contributed by atoms with Gasteiger partial charge >= 0.3 is 0 Å². The Bertz CT molecular complexity index is 334. The quantitative estimate of drug-likeness (QED) is 0.809. The molecule has 1 heterocycles. The molecule has 0 saturated carbocycles. The maximum Gasteiger partial charge on any atom is 0.0762 e. The molecular formula is C11H14ClNOS. The normalized spacial score (nSPS) is 20.9. The second kappa shape index (κ2) is 5.10. The van der Waals surface area contributed by atoms with E-state index < -0.39 is 0 Å². The minimum atomic E-state index is 0.373. The molecule has 82 valence electrons. The number of rotatable bonds is 3. The predicted octanol–water partition coefficient (Wildman–Crippen LogP) is 3.16. The molecule has 0 amide bonds. The van der Waals surface area contributed by atoms with Crippen LogP contribution in [-0.4, -0.2) is 26.3 Å². The third-order valence-electron chi connectivity index (χ3n) is 2.75. The lowest BCUT2D eigenvalue weighted by molar-refractivity contribution is 0.121. The highest BCUT2D eigenvalue weighted by Gasteiger charge is 2.22. The molecule has 0 radical (unpaired) electrons. The van der Waals surface area contributed by atoms with E-state index in [0.29, 0.717) is 6.10 Å². The summed E-state index contributed by atoms with van der Waals surface area (Å²) in [4.78, 5) is 3.43. The largest absolute Gasteiger partial charge is 0.380 e. The average Bonchev–Trinajstić information content (AvgIpc) is 2.78. The Balaban J connectivity index is 2.09. The Morgan fingerprint density at radius 2 is 2.40 bits per heavy atom. The van der Waals surface area contributed by atoms with Crippen LogP contribution in [0.4, 0.5) is 5.69 Å². The summed E-state index contributed by atoms with van der Waals surface area (Å²) in [5, 5.41) is 0. The zero-order chi connectivity index (χ0) is 10.7. The standard InChI is InChI=1S/C11H14ClNOS/c1-14-10-5-6-13(8-10)9-3-2-4-11(7-9)15-12/h2-4,7,10H,5-6,8H2,1H3. The second-order valence-corrected chi connectivity index (χ2v) is 4.76. The molecule has 4 heteroatoms. The number of anilines is 1. The molecule has 1 atom stereocenters. The first-order valence-electron chi connectivity index (χ1n) is 5.00. The van der Waals surface area contributed by atoms with Crippen molar-refractivity contribution < 1.29 is 4.74 Å². The maximum atomic E-state index is 5.73. The van der Waals surface area contributed by atoms with Gasteiger partial charge in [0.1, 0.15) is 0 Å². The number of ether oxygens (including phenoxy) is 1. The van der Waals surface area contributed by atoms with Gasteiger partial charge in [0, 0.05) is 30.8 Å². The Kier molecular flexibility index (Phi) is 3.78. The fourth-order valence-electron chi connectivity index (χ4n) is 1.88. The van der Waals surface area contributed by atoms with Crippen LogP contribution in [0.1, 0.15) is 6.42 Å². The molecule has 1 saturated heterocycles. The van der Waals surface area contributed by atoms with Gasteiger partial charge in [-0.05, 0) is 46.3 Å². The van der Waals surface area contributed by atoms with Crippen LogP contribution >= 0.6 is 21.7 Å². The molecule has 0 spiro atoms. The molecule has 1 aromatic rings. The molecule has 1 unspecified atom stereocenters. The van der Waals surface area contributed by atoms with E-state index in [0.717, 1.165) is 24.4 Å². The molecule has 0 aromatic heterocycles. The van der Waals surface area contributed by atoms with Crippen molar-refractivity contribution in [3.05, 3.63) is 24.3 Å². The highest BCUT2D eigenvalue weighted by Crippen LogP contribution is 2.28. The fourth-order valence-corrected chi connectivity index (χ4v) is 2.47. The first-order chi connectivity index (χ1) is 7.33. The van der Waals surface area contributed by atoms with Gasteiger partial charge in [-0.15, -0.1) is 0 Å². The minimum Gasteiger partial charge on any atom is -0.380 e. The van der Waals surface area contributed by atoms with Gasteiger partial charge < -0.3 is 9.64 Å². The Morgan fingerprint density at radius 3 is 3.07 bits per heavy atom. The lowest BCUT2D eigenvalue weighted by Crippen LogP contribution is -2.21. The van der Waals surface area contributed by atoms with Crippen molar-refractivity contribution in [1.82, 2.24) is 0 Å². The number of hydrogen-bond donors (Lipinski definition) is 0. The summed E-state index contributed by atoms with van der Waals surface area (Å²) >= 11 is 0. The van der Waals surface area contributed by atoms with E-state index >= 15 is 0 Å². The molecule has 0 N–H and O–H groups in total. The van der Waals surface area contributed by atoms with E-state index in [-0.39, 0.29) is 0 Å². The van der Waals surface area contributed by atoms with Gasteiger partial charge in [-0.2, -0.15) is 0 Å². The van der Waals surface area contributed by atoms with E-state index in [9.17, 15) is 0 Å². The van der Waals surface area contributed by atoms with E-state index in [2.05, 4.69) is 17.0 Å². The van der Waals surface area contributed by atoms with Crippen molar-refractivity contribution in [1.29, 1.82) is 0 Å². The van der Waals surface area contributed by atoms with Gasteiger partial charge in [-0.1, -0.05) is 6.07 Å². The van der Waals surface area contributed by atoms with Gasteiger partial charge in [0.25, 0.3) is 0 Å². The van der Waals surface area contributed by atoms with Crippen LogP contribution in [0.2, 0.25) is 0 Å². The van der Waals surface area contributed by atoms with Crippen LogP contribution in [0.3, 0.4) is 0 Å². The van der Waals surface area contributed by atoms with E-state index in [1.807, 2.05) is 12.1 Å². The molecule has 15 heavy (non-hydrogen) atoms. The van der Waals surface area contributed by atoms with Crippen molar-refractivity contribution in [3.8, 4) is 0 Å². The van der Waals surface area contributed by atoms with E-state index in [4.69, 9.17) is 15.4 Å².